The Hall–Kier alpha value is -2.00. The first-order valence-electron chi connectivity index (χ1n) is 6.16. The van der Waals surface area contributed by atoms with Crippen molar-refractivity contribution in [2.45, 2.75) is 17.9 Å². The smallest absolute Gasteiger partial charge is 0.258 e. The molecule has 1 unspecified atom stereocenters. The van der Waals surface area contributed by atoms with Crippen molar-refractivity contribution in [1.29, 1.82) is 0 Å². The minimum Gasteiger partial charge on any atom is -0.258 e. The van der Waals surface area contributed by atoms with Gasteiger partial charge in [0.1, 0.15) is 6.10 Å². The summed E-state index contributed by atoms with van der Waals surface area (Å²) in [5, 5.41) is 0. The van der Waals surface area contributed by atoms with Crippen LogP contribution in [0.4, 0.5) is 22.0 Å². The number of hydrogen-bond acceptors (Lipinski definition) is 3. The Morgan fingerprint density at radius 1 is 0.826 bits per heavy atom. The molecule has 0 heterocycles. The number of rotatable bonds is 4. The van der Waals surface area contributed by atoms with E-state index >= 15 is 0 Å². The van der Waals surface area contributed by atoms with Gasteiger partial charge in [-0.05, 0) is 19.1 Å². The number of hydrogen-bond donors (Lipinski definition) is 0. The van der Waals surface area contributed by atoms with Crippen LogP contribution in [0.1, 0.15) is 18.6 Å². The summed E-state index contributed by atoms with van der Waals surface area (Å²) in [6.45, 7) is 0.860. The van der Waals surface area contributed by atoms with Crippen LogP contribution in [0.3, 0.4) is 0 Å². The van der Waals surface area contributed by atoms with E-state index in [0.29, 0.717) is 0 Å². The molecular formula is C14H9F5O3S. The second-order valence-electron chi connectivity index (χ2n) is 4.49. The Morgan fingerprint density at radius 3 is 1.74 bits per heavy atom. The van der Waals surface area contributed by atoms with E-state index in [1.165, 1.54) is 18.2 Å². The van der Waals surface area contributed by atoms with Gasteiger partial charge in [0.2, 0.25) is 5.82 Å². The van der Waals surface area contributed by atoms with Crippen LogP contribution >= 0.6 is 0 Å². The molecule has 0 aliphatic rings. The second-order valence-corrected chi connectivity index (χ2v) is 6.06. The van der Waals surface area contributed by atoms with Gasteiger partial charge in [0.25, 0.3) is 10.1 Å². The van der Waals surface area contributed by atoms with Crippen molar-refractivity contribution < 1.29 is 34.6 Å². The van der Waals surface area contributed by atoms with Crippen LogP contribution in [0.2, 0.25) is 0 Å². The van der Waals surface area contributed by atoms with Crippen molar-refractivity contribution in [2.24, 2.45) is 0 Å². The summed E-state index contributed by atoms with van der Waals surface area (Å²) < 4.78 is 95.0. The first kappa shape index (κ1) is 17.4. The van der Waals surface area contributed by atoms with Gasteiger partial charge in [-0.1, -0.05) is 18.2 Å². The zero-order chi connectivity index (χ0) is 17.4. The summed E-state index contributed by atoms with van der Waals surface area (Å²) in [4.78, 5) is -0.323. The predicted molar refractivity (Wildman–Crippen MR) is 69.4 cm³/mol. The Morgan fingerprint density at radius 2 is 1.26 bits per heavy atom. The fourth-order valence-corrected chi connectivity index (χ4v) is 2.94. The minimum atomic E-state index is -4.45. The maximum Gasteiger partial charge on any atom is 0.297 e. The number of benzene rings is 2. The monoisotopic (exact) mass is 352 g/mol. The maximum absolute atomic E-state index is 13.6. The van der Waals surface area contributed by atoms with Gasteiger partial charge in [-0.2, -0.15) is 8.42 Å². The Balaban J connectivity index is 2.45. The highest BCUT2D eigenvalue weighted by Gasteiger charge is 2.31. The van der Waals surface area contributed by atoms with Gasteiger partial charge < -0.3 is 0 Å². The number of halogens is 5. The van der Waals surface area contributed by atoms with Crippen molar-refractivity contribution in [1.82, 2.24) is 0 Å². The molecular weight excluding hydrogens is 343 g/mol. The zero-order valence-corrected chi connectivity index (χ0v) is 12.3. The lowest BCUT2D eigenvalue weighted by Gasteiger charge is -2.16. The molecule has 0 radical (unpaired) electrons. The predicted octanol–water partition coefficient (Wildman–Crippen LogP) is 3.85. The first-order valence-corrected chi connectivity index (χ1v) is 7.57. The van der Waals surface area contributed by atoms with Crippen molar-refractivity contribution in [2.75, 3.05) is 0 Å². The fourth-order valence-electron chi connectivity index (χ4n) is 1.86. The Labute approximate surface area is 128 Å². The highest BCUT2D eigenvalue weighted by molar-refractivity contribution is 7.86. The summed E-state index contributed by atoms with van der Waals surface area (Å²) in [5.41, 5.74) is -1.36. The van der Waals surface area contributed by atoms with Crippen molar-refractivity contribution in [3.8, 4) is 0 Å². The zero-order valence-electron chi connectivity index (χ0n) is 11.5. The average Bonchev–Trinajstić information content (AvgIpc) is 2.51. The summed E-state index contributed by atoms with van der Waals surface area (Å²) in [7, 11) is -4.45. The third-order valence-corrected chi connectivity index (χ3v) is 4.34. The largest absolute Gasteiger partial charge is 0.297 e. The lowest BCUT2D eigenvalue weighted by molar-refractivity contribution is 0.216. The van der Waals surface area contributed by atoms with Crippen molar-refractivity contribution in [3.05, 3.63) is 65.0 Å². The van der Waals surface area contributed by atoms with Crippen LogP contribution in [0.25, 0.3) is 0 Å². The van der Waals surface area contributed by atoms with E-state index < -0.39 is 50.9 Å². The third kappa shape index (κ3) is 3.20. The lowest BCUT2D eigenvalue weighted by atomic mass is 10.1. The van der Waals surface area contributed by atoms with Gasteiger partial charge >= 0.3 is 0 Å². The molecule has 0 saturated heterocycles. The van der Waals surface area contributed by atoms with Crippen LogP contribution in [-0.2, 0) is 14.3 Å². The first-order chi connectivity index (χ1) is 10.7. The highest BCUT2D eigenvalue weighted by Crippen LogP contribution is 2.31. The van der Waals surface area contributed by atoms with E-state index in [1.807, 2.05) is 0 Å². The molecule has 0 aromatic heterocycles. The average molecular weight is 352 g/mol. The van der Waals surface area contributed by atoms with Gasteiger partial charge in [-0.25, -0.2) is 22.0 Å². The molecule has 9 heteroatoms. The molecule has 0 fully saturated rings. The standard InChI is InChI=1S/C14H9F5O3S/c1-7(22-23(20,21)8-5-3-2-4-6-8)9-10(15)12(17)14(19)13(18)11(9)16/h2-7H,1H3. The summed E-state index contributed by atoms with van der Waals surface area (Å²) in [6, 6.07) is 6.58. The molecule has 1 atom stereocenters. The Bertz CT molecular complexity index is 808. The maximum atomic E-state index is 13.6. The van der Waals surface area contributed by atoms with E-state index in [2.05, 4.69) is 4.18 Å². The molecule has 0 spiro atoms. The molecule has 0 aliphatic heterocycles. The highest BCUT2D eigenvalue weighted by atomic mass is 32.2. The van der Waals surface area contributed by atoms with Gasteiger partial charge in [0, 0.05) is 0 Å². The van der Waals surface area contributed by atoms with Crippen LogP contribution in [0.5, 0.6) is 0 Å². The van der Waals surface area contributed by atoms with Gasteiger partial charge in [-0.3, -0.25) is 4.18 Å². The molecule has 2 rings (SSSR count). The fraction of sp³-hybridized carbons (Fsp3) is 0.143. The molecule has 2 aromatic rings. The molecule has 0 saturated carbocycles. The van der Waals surface area contributed by atoms with Crippen LogP contribution in [-0.4, -0.2) is 8.42 Å². The quantitative estimate of drug-likeness (QED) is 0.363. The van der Waals surface area contributed by atoms with Crippen molar-refractivity contribution >= 4 is 10.1 Å². The van der Waals surface area contributed by atoms with E-state index in [1.54, 1.807) is 0 Å². The summed E-state index contributed by atoms with van der Waals surface area (Å²) in [5.74, 6) is -11.0. The molecule has 0 bridgehead atoms. The molecule has 0 aliphatic carbocycles. The summed E-state index contributed by atoms with van der Waals surface area (Å²) in [6.07, 6.45) is -1.93. The molecule has 2 aromatic carbocycles. The molecule has 0 N–H and O–H groups in total. The molecule has 3 nitrogen and oxygen atoms in total. The van der Waals surface area contributed by atoms with E-state index in [4.69, 9.17) is 0 Å². The van der Waals surface area contributed by atoms with E-state index in [9.17, 15) is 30.4 Å². The van der Waals surface area contributed by atoms with Gasteiger partial charge in [0.15, 0.2) is 23.3 Å². The lowest BCUT2D eigenvalue weighted by Crippen LogP contribution is -2.15. The van der Waals surface area contributed by atoms with Crippen LogP contribution in [0, 0.1) is 29.1 Å². The van der Waals surface area contributed by atoms with Gasteiger partial charge in [-0.15, -0.1) is 0 Å². The SMILES string of the molecule is CC(OS(=O)(=O)c1ccccc1)c1c(F)c(F)c(F)c(F)c1F. The summed E-state index contributed by atoms with van der Waals surface area (Å²) >= 11 is 0. The van der Waals surface area contributed by atoms with Gasteiger partial charge in [0.05, 0.1) is 10.5 Å². The topological polar surface area (TPSA) is 43.4 Å². The third-order valence-electron chi connectivity index (χ3n) is 2.95. The van der Waals surface area contributed by atoms with Crippen molar-refractivity contribution in [3.63, 3.8) is 0 Å². The molecule has 124 valence electrons. The van der Waals surface area contributed by atoms with Crippen LogP contribution < -0.4 is 0 Å². The molecule has 23 heavy (non-hydrogen) atoms. The van der Waals surface area contributed by atoms with E-state index in [0.717, 1.165) is 19.1 Å². The second kappa shape index (κ2) is 6.25. The Kier molecular flexibility index (Phi) is 4.71. The normalized spacial score (nSPS) is 13.1. The van der Waals surface area contributed by atoms with Crippen LogP contribution in [0.15, 0.2) is 35.2 Å². The minimum absolute atomic E-state index is 0.323. The molecule has 0 amide bonds. The van der Waals surface area contributed by atoms with E-state index in [-0.39, 0.29) is 4.90 Å².